The third kappa shape index (κ3) is 2.91. The fourth-order valence-electron chi connectivity index (χ4n) is 3.00. The normalized spacial score (nSPS) is 27.8. The van der Waals surface area contributed by atoms with Crippen LogP contribution in [0.2, 0.25) is 0 Å². The maximum atomic E-state index is 11.9. The molecule has 1 fully saturated rings. The van der Waals surface area contributed by atoms with Crippen molar-refractivity contribution in [2.24, 2.45) is 23.0 Å². The number of carbonyl (C=O) groups excluding carboxylic acids is 1. The van der Waals surface area contributed by atoms with Crippen LogP contribution in [0.1, 0.15) is 52.4 Å². The van der Waals surface area contributed by atoms with E-state index in [4.69, 9.17) is 5.73 Å². The van der Waals surface area contributed by atoms with Gasteiger partial charge in [0.1, 0.15) is 0 Å². The molecule has 0 amide bonds. The number of Topliss-reactive ketones (excluding diaryl/α,β-unsaturated/α-hetero) is 1. The fraction of sp³-hybridized carbons (Fsp3) is 0.857. The molecule has 3 unspecified atom stereocenters. The number of hydrogen-bond donors (Lipinski definition) is 2. The Morgan fingerprint density at radius 2 is 2.00 bits per heavy atom. The number of unbranched alkanes of at least 4 members (excludes halogenated alkanes) is 3. The lowest BCUT2D eigenvalue weighted by Crippen LogP contribution is -2.36. The topological polar surface area (TPSA) is 80.4 Å². The molecular formula is C14H25NO3. The average molecular weight is 255 g/mol. The van der Waals surface area contributed by atoms with Crippen molar-refractivity contribution < 1.29 is 14.7 Å². The Morgan fingerprint density at radius 1 is 1.39 bits per heavy atom. The summed E-state index contributed by atoms with van der Waals surface area (Å²) >= 11 is 0. The molecule has 4 heteroatoms. The van der Waals surface area contributed by atoms with Crippen molar-refractivity contribution in [1.29, 1.82) is 0 Å². The summed E-state index contributed by atoms with van der Waals surface area (Å²) in [5.74, 6) is -1.19. The molecule has 1 saturated carbocycles. The monoisotopic (exact) mass is 255 g/mol. The molecule has 1 aliphatic carbocycles. The Kier molecular flexibility index (Phi) is 5.32. The molecule has 0 saturated heterocycles. The van der Waals surface area contributed by atoms with Crippen LogP contribution >= 0.6 is 0 Å². The van der Waals surface area contributed by atoms with Gasteiger partial charge in [-0.05, 0) is 18.8 Å². The quantitative estimate of drug-likeness (QED) is 0.619. The van der Waals surface area contributed by atoms with Crippen LogP contribution in [0.15, 0.2) is 0 Å². The maximum absolute atomic E-state index is 11.9. The smallest absolute Gasteiger partial charge is 0.310 e. The van der Waals surface area contributed by atoms with Gasteiger partial charge in [-0.2, -0.15) is 0 Å². The average Bonchev–Trinajstić information content (AvgIpc) is 3.01. The highest BCUT2D eigenvalue weighted by molar-refractivity contribution is 5.91. The maximum Gasteiger partial charge on any atom is 0.310 e. The minimum atomic E-state index is -0.822. The van der Waals surface area contributed by atoms with Gasteiger partial charge in [0.2, 0.25) is 0 Å². The van der Waals surface area contributed by atoms with Crippen LogP contribution in [-0.2, 0) is 9.59 Å². The molecule has 0 aromatic carbocycles. The molecule has 18 heavy (non-hydrogen) atoms. The molecule has 4 nitrogen and oxygen atoms in total. The molecule has 0 aliphatic heterocycles. The number of nitrogens with two attached hydrogens (primary N) is 1. The van der Waals surface area contributed by atoms with Crippen LogP contribution in [0, 0.1) is 17.3 Å². The first-order chi connectivity index (χ1) is 8.50. The zero-order valence-electron chi connectivity index (χ0n) is 11.4. The van der Waals surface area contributed by atoms with E-state index in [0.717, 1.165) is 25.7 Å². The Labute approximate surface area is 109 Å². The molecule has 0 spiro atoms. The van der Waals surface area contributed by atoms with Crippen molar-refractivity contribution in [3.05, 3.63) is 0 Å². The van der Waals surface area contributed by atoms with Crippen LogP contribution < -0.4 is 5.73 Å². The summed E-state index contributed by atoms with van der Waals surface area (Å²) in [6.07, 6.45) is 5.55. The number of carboxylic acids is 1. The van der Waals surface area contributed by atoms with Gasteiger partial charge in [-0.25, -0.2) is 0 Å². The van der Waals surface area contributed by atoms with E-state index in [1.165, 1.54) is 0 Å². The molecular weight excluding hydrogens is 230 g/mol. The third-order valence-electron chi connectivity index (χ3n) is 4.32. The Morgan fingerprint density at radius 3 is 2.39 bits per heavy atom. The van der Waals surface area contributed by atoms with E-state index in [1.807, 2.05) is 6.92 Å². The first-order valence-electron chi connectivity index (χ1n) is 6.96. The summed E-state index contributed by atoms with van der Waals surface area (Å²) in [5.41, 5.74) is 4.61. The van der Waals surface area contributed by atoms with Crippen LogP contribution in [0.5, 0.6) is 0 Å². The highest BCUT2D eigenvalue weighted by Crippen LogP contribution is 2.59. The van der Waals surface area contributed by atoms with Crippen molar-refractivity contribution in [2.75, 3.05) is 6.54 Å². The first-order valence-corrected chi connectivity index (χ1v) is 6.96. The zero-order valence-corrected chi connectivity index (χ0v) is 11.4. The Bertz CT molecular complexity index is 316. The largest absolute Gasteiger partial charge is 0.481 e. The molecule has 3 N–H and O–H groups in total. The molecule has 0 bridgehead atoms. The van der Waals surface area contributed by atoms with Crippen LogP contribution in [0.25, 0.3) is 0 Å². The second-order valence-corrected chi connectivity index (χ2v) is 5.52. The lowest BCUT2D eigenvalue weighted by molar-refractivity contribution is -0.149. The zero-order chi connectivity index (χ0) is 13.8. The van der Waals surface area contributed by atoms with Gasteiger partial charge >= 0.3 is 5.97 Å². The van der Waals surface area contributed by atoms with Gasteiger partial charge in [-0.1, -0.05) is 39.5 Å². The van der Waals surface area contributed by atoms with Gasteiger partial charge in [0, 0.05) is 5.92 Å². The van der Waals surface area contributed by atoms with E-state index >= 15 is 0 Å². The lowest BCUT2D eigenvalue weighted by atomic mass is 9.80. The van der Waals surface area contributed by atoms with Crippen molar-refractivity contribution in [3.8, 4) is 0 Å². The number of carbonyl (C=O) groups is 2. The standard InChI is InChI=1S/C14H25NO3/c1-3-4-5-6-7-11(12(16)9-15)14(13(17)18)8-10(14)2/h10-11H,3-9,15H2,1-2H3,(H,17,18). The number of hydrogen-bond acceptors (Lipinski definition) is 3. The molecule has 0 aromatic rings. The van der Waals surface area contributed by atoms with Gasteiger partial charge < -0.3 is 10.8 Å². The number of carboxylic acid groups (broad SMARTS) is 1. The molecule has 1 rings (SSSR count). The summed E-state index contributed by atoms with van der Waals surface area (Å²) in [4.78, 5) is 23.4. The van der Waals surface area contributed by atoms with Crippen LogP contribution in [0.3, 0.4) is 0 Å². The molecule has 104 valence electrons. The van der Waals surface area contributed by atoms with Gasteiger partial charge in [-0.15, -0.1) is 0 Å². The van der Waals surface area contributed by atoms with Gasteiger partial charge in [0.15, 0.2) is 5.78 Å². The van der Waals surface area contributed by atoms with Gasteiger partial charge in [0.05, 0.1) is 12.0 Å². The lowest BCUT2D eigenvalue weighted by Gasteiger charge is -2.23. The van der Waals surface area contributed by atoms with E-state index < -0.39 is 11.4 Å². The summed E-state index contributed by atoms with van der Waals surface area (Å²) in [7, 11) is 0. The summed E-state index contributed by atoms with van der Waals surface area (Å²) < 4.78 is 0. The SMILES string of the molecule is CCCCCCC(C(=O)CN)C1(C(=O)O)CC1C. The predicted octanol–water partition coefficient (Wildman–Crippen LogP) is 2.21. The van der Waals surface area contributed by atoms with Crippen molar-refractivity contribution in [2.45, 2.75) is 52.4 Å². The fourth-order valence-corrected chi connectivity index (χ4v) is 3.00. The van der Waals surface area contributed by atoms with E-state index in [9.17, 15) is 14.7 Å². The second-order valence-electron chi connectivity index (χ2n) is 5.52. The van der Waals surface area contributed by atoms with E-state index in [1.54, 1.807) is 0 Å². The minimum Gasteiger partial charge on any atom is -0.481 e. The van der Waals surface area contributed by atoms with E-state index in [2.05, 4.69) is 6.92 Å². The number of rotatable bonds is 9. The molecule has 0 radical (unpaired) electrons. The molecule has 3 atom stereocenters. The Hall–Kier alpha value is -0.900. The van der Waals surface area contributed by atoms with Gasteiger partial charge in [0.25, 0.3) is 0 Å². The summed E-state index contributed by atoms with van der Waals surface area (Å²) in [6, 6.07) is 0. The summed E-state index contributed by atoms with van der Waals surface area (Å²) in [6.45, 7) is 4.00. The van der Waals surface area contributed by atoms with Crippen LogP contribution in [-0.4, -0.2) is 23.4 Å². The van der Waals surface area contributed by atoms with Crippen molar-refractivity contribution >= 4 is 11.8 Å². The third-order valence-corrected chi connectivity index (χ3v) is 4.32. The van der Waals surface area contributed by atoms with Gasteiger partial charge in [-0.3, -0.25) is 9.59 Å². The Balaban J connectivity index is 2.67. The van der Waals surface area contributed by atoms with E-state index in [0.29, 0.717) is 12.8 Å². The van der Waals surface area contributed by atoms with Crippen molar-refractivity contribution in [1.82, 2.24) is 0 Å². The van der Waals surface area contributed by atoms with Crippen molar-refractivity contribution in [3.63, 3.8) is 0 Å². The summed E-state index contributed by atoms with van der Waals surface area (Å²) in [5, 5.41) is 9.40. The second kappa shape index (κ2) is 6.32. The molecule has 1 aliphatic rings. The number of ketones is 1. The highest BCUT2D eigenvalue weighted by Gasteiger charge is 2.63. The minimum absolute atomic E-state index is 0.0415. The highest BCUT2D eigenvalue weighted by atomic mass is 16.4. The number of aliphatic carboxylic acids is 1. The van der Waals surface area contributed by atoms with E-state index in [-0.39, 0.29) is 24.2 Å². The predicted molar refractivity (Wildman–Crippen MR) is 70.2 cm³/mol. The molecule has 0 aromatic heterocycles. The molecule has 0 heterocycles. The first kappa shape index (κ1) is 15.2. The van der Waals surface area contributed by atoms with Crippen LogP contribution in [0.4, 0.5) is 0 Å².